The predicted octanol–water partition coefficient (Wildman–Crippen LogP) is 5.66. The van der Waals surface area contributed by atoms with Crippen LogP contribution in [0.4, 0.5) is 5.13 Å². The van der Waals surface area contributed by atoms with E-state index in [0.717, 1.165) is 4.70 Å². The number of hydrogen-bond acceptors (Lipinski definition) is 9. The van der Waals surface area contributed by atoms with Crippen molar-refractivity contribution in [3.05, 3.63) is 90.0 Å². The van der Waals surface area contributed by atoms with Gasteiger partial charge in [-0.05, 0) is 61.0 Å². The normalized spacial score (nSPS) is 17.6. The molecular formula is C31H26N2O7S. The van der Waals surface area contributed by atoms with Crippen molar-refractivity contribution in [1.82, 2.24) is 4.98 Å². The topological polar surface area (TPSA) is 107 Å². The number of benzene rings is 3. The van der Waals surface area contributed by atoms with E-state index in [1.165, 1.54) is 16.2 Å². The molecule has 2 aliphatic rings. The Bertz CT molecular complexity index is 1690. The first-order valence-electron chi connectivity index (χ1n) is 13.1. The van der Waals surface area contributed by atoms with Crippen LogP contribution >= 0.6 is 11.3 Å². The second kappa shape index (κ2) is 11.0. The molecule has 1 saturated heterocycles. The van der Waals surface area contributed by atoms with Gasteiger partial charge in [-0.3, -0.25) is 14.5 Å². The number of amides is 1. The largest absolute Gasteiger partial charge is 0.507 e. The van der Waals surface area contributed by atoms with Crippen molar-refractivity contribution in [2.45, 2.75) is 13.0 Å². The van der Waals surface area contributed by atoms with E-state index in [1.54, 1.807) is 48.5 Å². The lowest BCUT2D eigenvalue weighted by atomic mass is 9.95. The van der Waals surface area contributed by atoms with Gasteiger partial charge >= 0.3 is 5.91 Å². The van der Waals surface area contributed by atoms with Gasteiger partial charge in [-0.25, -0.2) is 4.98 Å². The molecule has 1 amide bonds. The summed E-state index contributed by atoms with van der Waals surface area (Å²) in [5.41, 5.74) is 1.53. The van der Waals surface area contributed by atoms with Crippen LogP contribution in [0.25, 0.3) is 16.0 Å². The van der Waals surface area contributed by atoms with Crippen molar-refractivity contribution < 1.29 is 33.6 Å². The molecule has 0 radical (unpaired) electrons. The number of aliphatic hydroxyl groups excluding tert-OH is 1. The molecular weight excluding hydrogens is 544 g/mol. The van der Waals surface area contributed by atoms with Crippen molar-refractivity contribution in [2.75, 3.05) is 31.3 Å². The van der Waals surface area contributed by atoms with Crippen LogP contribution < -0.4 is 23.8 Å². The zero-order chi connectivity index (χ0) is 28.5. The number of nitrogens with zero attached hydrogens (tertiary/aromatic N) is 2. The van der Waals surface area contributed by atoms with Gasteiger partial charge in [-0.15, -0.1) is 0 Å². The summed E-state index contributed by atoms with van der Waals surface area (Å²) in [7, 11) is 0. The molecule has 1 atom stereocenters. The number of rotatable bonds is 8. The Morgan fingerprint density at radius 1 is 1.05 bits per heavy atom. The second-order valence-corrected chi connectivity index (χ2v) is 10.3. The van der Waals surface area contributed by atoms with Gasteiger partial charge in [0.1, 0.15) is 37.1 Å². The van der Waals surface area contributed by atoms with Crippen LogP contribution in [-0.4, -0.2) is 48.2 Å². The third kappa shape index (κ3) is 4.87. The Kier molecular flexibility index (Phi) is 7.07. The van der Waals surface area contributed by atoms with Gasteiger partial charge in [0.15, 0.2) is 16.6 Å². The highest BCUT2D eigenvalue weighted by Crippen LogP contribution is 2.45. The van der Waals surface area contributed by atoms with Crippen molar-refractivity contribution in [1.29, 1.82) is 0 Å². The summed E-state index contributed by atoms with van der Waals surface area (Å²) >= 11 is 1.27. The number of anilines is 1. The number of thiazole rings is 1. The quantitative estimate of drug-likeness (QED) is 0.125. The molecule has 3 heterocycles. The van der Waals surface area contributed by atoms with Crippen molar-refractivity contribution in [3.8, 4) is 23.0 Å². The van der Waals surface area contributed by atoms with E-state index in [2.05, 4.69) is 11.6 Å². The molecule has 9 nitrogen and oxygen atoms in total. The van der Waals surface area contributed by atoms with Gasteiger partial charge < -0.3 is 24.1 Å². The SMILES string of the molecule is C=CCOc1ccc([C@@H]2/C(=C(\O)c3ccc4c(c3)OCCO4)C(=O)C(=O)N2c2nc3ccc(OCC)cc3s2)cc1. The van der Waals surface area contributed by atoms with E-state index >= 15 is 0 Å². The monoisotopic (exact) mass is 570 g/mol. The number of fused-ring (bicyclic) bond motifs is 2. The van der Waals surface area contributed by atoms with Crippen LogP contribution in [0.5, 0.6) is 23.0 Å². The summed E-state index contributed by atoms with van der Waals surface area (Å²) in [6.45, 7) is 7.19. The molecule has 1 aromatic heterocycles. The highest BCUT2D eigenvalue weighted by molar-refractivity contribution is 7.22. The van der Waals surface area contributed by atoms with Crippen molar-refractivity contribution in [2.24, 2.45) is 0 Å². The standard InChI is InChI=1S/C31H26N2O7S/c1-3-13-38-20-8-5-18(6-9-20)27-26(28(34)19-7-12-23-24(16-19)40-15-14-39-23)29(35)30(36)33(27)31-32-22-11-10-21(37-4-2)17-25(22)41-31/h3,5-12,16-17,27,34H,1,4,13-15H2,2H3/b28-26+/t27-/m1/s1. The predicted molar refractivity (Wildman–Crippen MR) is 155 cm³/mol. The summed E-state index contributed by atoms with van der Waals surface area (Å²) in [4.78, 5) is 33.2. The molecule has 1 fully saturated rings. The Morgan fingerprint density at radius 2 is 1.80 bits per heavy atom. The summed E-state index contributed by atoms with van der Waals surface area (Å²) in [6, 6.07) is 16.5. The van der Waals surface area contributed by atoms with Gasteiger partial charge in [-0.1, -0.05) is 36.1 Å². The van der Waals surface area contributed by atoms with Crippen LogP contribution in [0.2, 0.25) is 0 Å². The number of aliphatic hydroxyl groups is 1. The molecule has 1 N–H and O–H groups in total. The van der Waals surface area contributed by atoms with Gasteiger partial charge in [0.25, 0.3) is 5.78 Å². The van der Waals surface area contributed by atoms with Gasteiger partial charge in [0.2, 0.25) is 0 Å². The minimum Gasteiger partial charge on any atom is -0.507 e. The van der Waals surface area contributed by atoms with Crippen LogP contribution in [0.1, 0.15) is 24.1 Å². The molecule has 0 aliphatic carbocycles. The number of carbonyl (C=O) groups excluding carboxylic acids is 2. The Balaban J connectivity index is 1.48. The lowest BCUT2D eigenvalue weighted by molar-refractivity contribution is -0.132. The first-order chi connectivity index (χ1) is 20.0. The lowest BCUT2D eigenvalue weighted by Crippen LogP contribution is -2.29. The fourth-order valence-corrected chi connectivity index (χ4v) is 5.87. The maximum Gasteiger partial charge on any atom is 0.301 e. The van der Waals surface area contributed by atoms with E-state index in [9.17, 15) is 14.7 Å². The minimum absolute atomic E-state index is 0.0549. The first kappa shape index (κ1) is 26.4. The number of aromatic nitrogens is 1. The van der Waals surface area contributed by atoms with E-state index in [-0.39, 0.29) is 11.3 Å². The molecule has 0 bridgehead atoms. The molecule has 3 aromatic carbocycles. The Hall–Kier alpha value is -4.83. The summed E-state index contributed by atoms with van der Waals surface area (Å²) in [5.74, 6) is 0.351. The maximum atomic E-state index is 13.6. The van der Waals surface area contributed by atoms with E-state index in [0.29, 0.717) is 71.2 Å². The number of Topliss-reactive ketones (excluding diaryl/α,β-unsaturated/α-hetero) is 1. The molecule has 4 aromatic rings. The van der Waals surface area contributed by atoms with Gasteiger partial charge in [0, 0.05) is 5.56 Å². The number of ether oxygens (including phenoxy) is 4. The van der Waals surface area contributed by atoms with Crippen LogP contribution in [0.3, 0.4) is 0 Å². The smallest absolute Gasteiger partial charge is 0.301 e. The average Bonchev–Trinajstić information content (AvgIpc) is 3.53. The molecule has 41 heavy (non-hydrogen) atoms. The Labute approximate surface area is 239 Å². The minimum atomic E-state index is -0.941. The van der Waals surface area contributed by atoms with Crippen molar-refractivity contribution in [3.63, 3.8) is 0 Å². The first-order valence-corrected chi connectivity index (χ1v) is 13.9. The number of hydrogen-bond donors (Lipinski definition) is 1. The fraction of sp³-hybridized carbons (Fsp3) is 0.194. The molecule has 2 aliphatic heterocycles. The summed E-state index contributed by atoms with van der Waals surface area (Å²) < 4.78 is 23.3. The molecule has 6 rings (SSSR count). The van der Waals surface area contributed by atoms with Gasteiger partial charge in [0.05, 0.1) is 28.4 Å². The van der Waals surface area contributed by atoms with Crippen molar-refractivity contribution >= 4 is 44.1 Å². The number of carbonyl (C=O) groups is 2. The maximum absolute atomic E-state index is 13.6. The molecule has 0 saturated carbocycles. The van der Waals surface area contributed by atoms with Crippen LogP contribution in [0.15, 0.2) is 78.9 Å². The highest BCUT2D eigenvalue weighted by Gasteiger charge is 2.48. The Morgan fingerprint density at radius 3 is 2.56 bits per heavy atom. The lowest BCUT2D eigenvalue weighted by Gasteiger charge is -2.23. The fourth-order valence-electron chi connectivity index (χ4n) is 4.85. The third-order valence-corrected chi connectivity index (χ3v) is 7.71. The van der Waals surface area contributed by atoms with Crippen LogP contribution in [-0.2, 0) is 9.59 Å². The molecule has 0 unspecified atom stereocenters. The van der Waals surface area contributed by atoms with Crippen LogP contribution in [0, 0.1) is 0 Å². The molecule has 208 valence electrons. The molecule has 10 heteroatoms. The average molecular weight is 571 g/mol. The highest BCUT2D eigenvalue weighted by atomic mass is 32.1. The van der Waals surface area contributed by atoms with E-state index in [4.69, 9.17) is 18.9 Å². The van der Waals surface area contributed by atoms with E-state index in [1.807, 2.05) is 25.1 Å². The summed E-state index contributed by atoms with van der Waals surface area (Å²) in [6.07, 6.45) is 1.64. The third-order valence-electron chi connectivity index (χ3n) is 6.69. The summed E-state index contributed by atoms with van der Waals surface area (Å²) in [5, 5.41) is 11.9. The van der Waals surface area contributed by atoms with E-state index < -0.39 is 17.7 Å². The zero-order valence-corrected chi connectivity index (χ0v) is 23.0. The second-order valence-electron chi connectivity index (χ2n) is 9.26. The molecule has 0 spiro atoms. The van der Waals surface area contributed by atoms with Gasteiger partial charge in [-0.2, -0.15) is 0 Å². The number of ketones is 1. The zero-order valence-electron chi connectivity index (χ0n) is 22.2.